The van der Waals surface area contributed by atoms with E-state index in [1.165, 1.54) is 11.0 Å². The second kappa shape index (κ2) is 21.7. The van der Waals surface area contributed by atoms with Crippen LogP contribution in [0.15, 0.2) is 85.1 Å². The molecule has 0 radical (unpaired) electrons. The molecule has 5 rings (SSSR count). The Morgan fingerprint density at radius 2 is 1.58 bits per heavy atom. The van der Waals surface area contributed by atoms with Crippen LogP contribution in [-0.4, -0.2) is 95.5 Å². The smallest absolute Gasteiger partial charge is 0.416 e. The number of benzene rings is 3. The van der Waals surface area contributed by atoms with Crippen LogP contribution in [0.4, 0.5) is 29.5 Å². The summed E-state index contributed by atoms with van der Waals surface area (Å²) in [6.07, 6.45) is -2.46. The molecule has 0 unspecified atom stereocenters. The van der Waals surface area contributed by atoms with Crippen LogP contribution in [0, 0.1) is 6.92 Å². The van der Waals surface area contributed by atoms with Crippen molar-refractivity contribution in [3.63, 3.8) is 0 Å². The Morgan fingerprint density at radius 1 is 0.912 bits per heavy atom. The first-order chi connectivity index (χ1) is 27.1. The van der Waals surface area contributed by atoms with E-state index in [-0.39, 0.29) is 18.2 Å². The van der Waals surface area contributed by atoms with E-state index in [4.69, 9.17) is 15.2 Å². The minimum absolute atomic E-state index is 0.195. The van der Waals surface area contributed by atoms with Crippen LogP contribution >= 0.6 is 0 Å². The summed E-state index contributed by atoms with van der Waals surface area (Å²) < 4.78 is 52.4. The van der Waals surface area contributed by atoms with Crippen LogP contribution < -0.4 is 20.7 Å². The van der Waals surface area contributed by atoms with Gasteiger partial charge in [-0.05, 0) is 83.5 Å². The highest BCUT2D eigenvalue weighted by Crippen LogP contribution is 2.30. The molecule has 3 amide bonds. The monoisotopic (exact) mass is 795 g/mol. The number of nitrogens with two attached hydrogens (primary N) is 1. The van der Waals surface area contributed by atoms with Crippen LogP contribution in [0.3, 0.4) is 0 Å². The summed E-state index contributed by atoms with van der Waals surface area (Å²) >= 11 is 0. The molecule has 1 aromatic heterocycles. The van der Waals surface area contributed by atoms with Crippen molar-refractivity contribution in [2.45, 2.75) is 66.7 Å². The van der Waals surface area contributed by atoms with Gasteiger partial charge >= 0.3 is 12.3 Å². The highest BCUT2D eigenvalue weighted by molar-refractivity contribution is 6.00. The summed E-state index contributed by atoms with van der Waals surface area (Å²) in [6, 6.07) is 20.8. The van der Waals surface area contributed by atoms with Crippen molar-refractivity contribution >= 4 is 29.4 Å². The number of carbonyl (C=O) groups is 3. The molecule has 1 saturated heterocycles. The second-order valence-electron chi connectivity index (χ2n) is 13.9. The van der Waals surface area contributed by atoms with Crippen LogP contribution in [0.1, 0.15) is 69.4 Å². The van der Waals surface area contributed by atoms with Gasteiger partial charge in [0.1, 0.15) is 17.2 Å². The Labute approximate surface area is 333 Å². The second-order valence-corrected chi connectivity index (χ2v) is 13.9. The molecule has 310 valence electrons. The molecule has 3 N–H and O–H groups in total. The Hall–Kier alpha value is -5.57. The lowest BCUT2D eigenvalue weighted by molar-refractivity contribution is -0.137. The summed E-state index contributed by atoms with van der Waals surface area (Å²) in [4.78, 5) is 43.7. The van der Waals surface area contributed by atoms with Crippen molar-refractivity contribution in [2.24, 2.45) is 0 Å². The molecular formula is C42H56F3N7O5. The number of hydrogen-bond donors (Lipinski definition) is 2. The normalized spacial score (nSPS) is 13.0. The first-order valence-electron chi connectivity index (χ1n) is 19.1. The van der Waals surface area contributed by atoms with Crippen LogP contribution in [0.25, 0.3) is 5.69 Å². The standard InChI is InChI=1S/C34H43F3N6O5.C6H7N.C2H6/c1-6-42(29(44)23-38-30(45)25-10-7-11-26(20-25)34(35,36)37)31-24(2)22-39-43(31)27-12-8-13-28(21-27)47-19-9-14-40-15-17-41(18-16-40)32(46)48-33(3,4)5;7-6-4-2-1-3-5-6;1-2/h7-8,10-13,20-22H,6,9,14-19,23H2,1-5H3,(H,38,45);1-5H,7H2;1-2H3. The van der Waals surface area contributed by atoms with E-state index in [1.54, 1.807) is 22.7 Å². The Kier molecular flexibility index (Phi) is 17.4. The molecule has 0 bridgehead atoms. The number of aryl methyl sites for hydroxylation is 1. The number of nitrogens with zero attached hydrogens (tertiary/aromatic N) is 5. The molecule has 12 nitrogen and oxygen atoms in total. The molecule has 57 heavy (non-hydrogen) atoms. The quantitative estimate of drug-likeness (QED) is 0.117. The summed E-state index contributed by atoms with van der Waals surface area (Å²) in [5.41, 5.74) is 5.89. The van der Waals surface area contributed by atoms with Crippen molar-refractivity contribution < 1.29 is 37.0 Å². The van der Waals surface area contributed by atoms with Gasteiger partial charge in [-0.3, -0.25) is 19.4 Å². The van der Waals surface area contributed by atoms with Gasteiger partial charge in [-0.15, -0.1) is 0 Å². The van der Waals surface area contributed by atoms with Gasteiger partial charge in [-0.1, -0.05) is 44.2 Å². The number of nitrogens with one attached hydrogen (secondary N) is 1. The van der Waals surface area contributed by atoms with Gasteiger partial charge in [0.15, 0.2) is 0 Å². The zero-order chi connectivity index (χ0) is 42.2. The molecular weight excluding hydrogens is 739 g/mol. The number of alkyl halides is 3. The number of hydrogen-bond acceptors (Lipinski definition) is 8. The molecule has 0 saturated carbocycles. The van der Waals surface area contributed by atoms with Crippen molar-refractivity contribution in [3.05, 3.63) is 102 Å². The van der Waals surface area contributed by atoms with Gasteiger partial charge in [0, 0.05) is 62.1 Å². The van der Waals surface area contributed by atoms with Gasteiger partial charge in [-0.25, -0.2) is 9.48 Å². The van der Waals surface area contributed by atoms with Crippen molar-refractivity contribution in [3.8, 4) is 11.4 Å². The Bertz CT molecular complexity index is 1870. The maximum absolute atomic E-state index is 13.3. The Balaban J connectivity index is 0.000000859. The third kappa shape index (κ3) is 14.5. The predicted octanol–water partition coefficient (Wildman–Crippen LogP) is 7.60. The van der Waals surface area contributed by atoms with Gasteiger partial charge in [0.2, 0.25) is 5.91 Å². The summed E-state index contributed by atoms with van der Waals surface area (Å²) in [5, 5.41) is 6.91. The number of rotatable bonds is 11. The van der Waals surface area contributed by atoms with E-state index in [1.807, 2.05) is 96.1 Å². The van der Waals surface area contributed by atoms with E-state index in [0.29, 0.717) is 42.5 Å². The molecule has 2 heterocycles. The third-order valence-electron chi connectivity index (χ3n) is 8.42. The first kappa shape index (κ1) is 45.8. The third-order valence-corrected chi connectivity index (χ3v) is 8.42. The van der Waals surface area contributed by atoms with E-state index < -0.39 is 35.7 Å². The number of piperazine rings is 1. The van der Waals surface area contributed by atoms with Gasteiger partial charge in [0.25, 0.3) is 5.91 Å². The van der Waals surface area contributed by atoms with E-state index >= 15 is 0 Å². The molecule has 1 fully saturated rings. The lowest BCUT2D eigenvalue weighted by Crippen LogP contribution is -2.50. The summed E-state index contributed by atoms with van der Waals surface area (Å²) in [5.74, 6) is -0.117. The number of nitrogen functional groups attached to an aromatic ring is 1. The number of amides is 3. The maximum Gasteiger partial charge on any atom is 0.416 e. The van der Waals surface area contributed by atoms with Crippen LogP contribution in [0.2, 0.25) is 0 Å². The minimum atomic E-state index is -4.59. The van der Waals surface area contributed by atoms with E-state index in [0.717, 1.165) is 49.9 Å². The zero-order valence-corrected chi connectivity index (χ0v) is 33.9. The molecule has 4 aromatic rings. The number of anilines is 2. The number of halogens is 3. The fourth-order valence-corrected chi connectivity index (χ4v) is 5.69. The summed E-state index contributed by atoms with van der Waals surface area (Å²) in [7, 11) is 0. The van der Waals surface area contributed by atoms with Gasteiger partial charge in [0.05, 0.1) is 30.6 Å². The molecule has 0 spiro atoms. The summed E-state index contributed by atoms with van der Waals surface area (Å²) in [6.45, 7) is 17.0. The van der Waals surface area contributed by atoms with Gasteiger partial charge < -0.3 is 25.4 Å². The number of carbonyl (C=O) groups excluding carboxylic acids is 3. The van der Waals surface area contributed by atoms with Crippen molar-refractivity contribution in [2.75, 3.05) is 63.1 Å². The fraction of sp³-hybridized carbons (Fsp3) is 0.429. The maximum atomic E-state index is 13.3. The molecule has 0 atom stereocenters. The van der Waals surface area contributed by atoms with Crippen molar-refractivity contribution in [1.82, 2.24) is 24.9 Å². The van der Waals surface area contributed by atoms with Crippen molar-refractivity contribution in [1.29, 1.82) is 0 Å². The molecule has 1 aliphatic rings. The topological polar surface area (TPSA) is 135 Å². The lowest BCUT2D eigenvalue weighted by Gasteiger charge is -2.35. The Morgan fingerprint density at radius 3 is 2.18 bits per heavy atom. The average Bonchev–Trinajstić information content (AvgIpc) is 3.57. The lowest BCUT2D eigenvalue weighted by atomic mass is 10.1. The highest BCUT2D eigenvalue weighted by atomic mass is 19.4. The average molecular weight is 796 g/mol. The fourth-order valence-electron chi connectivity index (χ4n) is 5.69. The molecule has 1 aliphatic heterocycles. The largest absolute Gasteiger partial charge is 0.493 e. The van der Waals surface area contributed by atoms with E-state index in [2.05, 4.69) is 15.3 Å². The zero-order valence-electron chi connectivity index (χ0n) is 33.9. The number of para-hydroxylation sites is 1. The predicted molar refractivity (Wildman–Crippen MR) is 217 cm³/mol. The minimum Gasteiger partial charge on any atom is -0.493 e. The number of likely N-dealkylation sites (N-methyl/N-ethyl adjacent to an activating group) is 1. The van der Waals surface area contributed by atoms with Crippen LogP contribution in [0.5, 0.6) is 5.75 Å². The molecule has 0 aliphatic carbocycles. The number of aromatic nitrogens is 2. The van der Waals surface area contributed by atoms with Crippen LogP contribution in [-0.2, 0) is 15.7 Å². The van der Waals surface area contributed by atoms with Gasteiger partial charge in [-0.2, -0.15) is 18.3 Å². The van der Waals surface area contributed by atoms with E-state index in [9.17, 15) is 27.6 Å². The highest BCUT2D eigenvalue weighted by Gasteiger charge is 2.31. The number of ether oxygens (including phenoxy) is 2. The molecule has 15 heteroatoms. The molecule has 3 aromatic carbocycles. The SMILES string of the molecule is CC.CCN(C(=O)CNC(=O)c1cccc(C(F)(F)F)c1)c1c(C)cnn1-c1cccc(OCCCN2CCN(C(=O)OC(C)(C)C)CC2)c1.Nc1ccccc1. The first-order valence-corrected chi connectivity index (χ1v) is 19.1.